The number of amides is 1. The SMILES string of the molecule is C=Cc1[nH]nc2ncc(NC(=O)c3c(F)ccc(N)c3F)cc12.CCCN. The van der Waals surface area contributed by atoms with Crippen molar-refractivity contribution < 1.29 is 13.6 Å². The lowest BCUT2D eigenvalue weighted by molar-refractivity contribution is 0.101. The maximum absolute atomic E-state index is 13.9. The Morgan fingerprint density at radius 1 is 1.41 bits per heavy atom. The van der Waals surface area contributed by atoms with Crippen molar-refractivity contribution in [1.82, 2.24) is 15.2 Å². The number of fused-ring (bicyclic) bond motifs is 1. The van der Waals surface area contributed by atoms with Crippen LogP contribution in [-0.4, -0.2) is 27.6 Å². The van der Waals surface area contributed by atoms with E-state index in [1.807, 2.05) is 0 Å². The van der Waals surface area contributed by atoms with Crippen molar-refractivity contribution in [3.05, 3.63) is 53.9 Å². The maximum atomic E-state index is 13.9. The molecule has 1 amide bonds. The van der Waals surface area contributed by atoms with Crippen molar-refractivity contribution in [2.75, 3.05) is 17.6 Å². The van der Waals surface area contributed by atoms with Crippen molar-refractivity contribution >= 4 is 34.4 Å². The molecule has 0 aliphatic heterocycles. The van der Waals surface area contributed by atoms with E-state index in [1.54, 1.807) is 12.1 Å². The first-order valence-electron chi connectivity index (χ1n) is 8.14. The highest BCUT2D eigenvalue weighted by Gasteiger charge is 2.20. The predicted octanol–water partition coefficient (Wildman–Crippen LogP) is 3.07. The third kappa shape index (κ3) is 4.45. The number of halogens is 2. The van der Waals surface area contributed by atoms with Gasteiger partial charge in [-0.1, -0.05) is 13.5 Å². The number of nitrogens with zero attached hydrogens (tertiary/aromatic N) is 2. The molecule has 1 aromatic carbocycles. The first-order chi connectivity index (χ1) is 12.9. The monoisotopic (exact) mass is 374 g/mol. The van der Waals surface area contributed by atoms with Crippen molar-refractivity contribution in [2.24, 2.45) is 5.73 Å². The lowest BCUT2D eigenvalue weighted by Crippen LogP contribution is -2.17. The number of aromatic nitrogens is 3. The molecular formula is C18H20F2N6O. The number of carbonyl (C=O) groups is 1. The molecule has 0 aliphatic rings. The summed E-state index contributed by atoms with van der Waals surface area (Å²) in [6.45, 7) is 6.50. The minimum Gasteiger partial charge on any atom is -0.396 e. The van der Waals surface area contributed by atoms with E-state index in [4.69, 9.17) is 11.5 Å². The number of carbonyl (C=O) groups excluding carboxylic acids is 1. The van der Waals surface area contributed by atoms with E-state index < -0.39 is 23.1 Å². The molecule has 7 nitrogen and oxygen atoms in total. The first-order valence-corrected chi connectivity index (χ1v) is 8.14. The highest BCUT2D eigenvalue weighted by molar-refractivity contribution is 6.06. The van der Waals surface area contributed by atoms with E-state index in [0.29, 0.717) is 16.7 Å². The van der Waals surface area contributed by atoms with Gasteiger partial charge in [-0.15, -0.1) is 0 Å². The average Bonchev–Trinajstić information content (AvgIpc) is 3.07. The van der Waals surface area contributed by atoms with Crippen molar-refractivity contribution in [1.29, 1.82) is 0 Å². The summed E-state index contributed by atoms with van der Waals surface area (Å²) in [5.41, 5.74) is 10.6. The quantitative estimate of drug-likeness (QED) is 0.523. The summed E-state index contributed by atoms with van der Waals surface area (Å²) >= 11 is 0. The van der Waals surface area contributed by atoms with Gasteiger partial charge in [0, 0.05) is 5.39 Å². The fourth-order valence-electron chi connectivity index (χ4n) is 2.11. The van der Waals surface area contributed by atoms with Crippen LogP contribution in [0.3, 0.4) is 0 Å². The third-order valence-electron chi connectivity index (χ3n) is 3.54. The molecule has 0 saturated heterocycles. The Morgan fingerprint density at radius 3 is 2.74 bits per heavy atom. The summed E-state index contributed by atoms with van der Waals surface area (Å²) in [6, 6.07) is 3.56. The zero-order valence-electron chi connectivity index (χ0n) is 14.7. The molecule has 2 heterocycles. The van der Waals surface area contributed by atoms with Crippen LogP contribution in [0.1, 0.15) is 29.4 Å². The molecule has 142 valence electrons. The average molecular weight is 374 g/mol. The summed E-state index contributed by atoms with van der Waals surface area (Å²) in [7, 11) is 0. The fraction of sp³-hybridized carbons (Fsp3) is 0.167. The molecule has 0 aliphatic carbocycles. The Balaban J connectivity index is 0.000000596. The number of nitrogens with one attached hydrogen (secondary N) is 2. The minimum atomic E-state index is -1.10. The number of pyridine rings is 1. The molecule has 0 bridgehead atoms. The van der Waals surface area contributed by atoms with Gasteiger partial charge in [-0.3, -0.25) is 9.89 Å². The number of H-pyrrole nitrogens is 1. The zero-order chi connectivity index (χ0) is 20.0. The molecule has 3 aromatic rings. The molecule has 0 fully saturated rings. The highest BCUT2D eigenvalue weighted by Crippen LogP contribution is 2.22. The lowest BCUT2D eigenvalue weighted by Gasteiger charge is -2.08. The standard InChI is InChI=1S/C15H11F2N5O.C3H9N/c1-2-11-8-5-7(6-19-14(8)22-21-11)20-15(23)12-9(16)3-4-10(18)13(12)17;1-2-3-4/h2-6H,1,18H2,(H,20,23)(H,19,21,22);2-4H2,1H3. The van der Waals surface area contributed by atoms with Gasteiger partial charge in [0.25, 0.3) is 5.91 Å². The lowest BCUT2D eigenvalue weighted by atomic mass is 10.1. The third-order valence-corrected chi connectivity index (χ3v) is 3.54. The van der Waals surface area contributed by atoms with Crippen LogP contribution in [0.4, 0.5) is 20.2 Å². The Hall–Kier alpha value is -3.33. The number of anilines is 2. The molecule has 0 saturated carbocycles. The van der Waals surface area contributed by atoms with Gasteiger partial charge in [0.05, 0.1) is 23.3 Å². The normalized spacial score (nSPS) is 10.2. The van der Waals surface area contributed by atoms with Crippen molar-refractivity contribution in [3.63, 3.8) is 0 Å². The molecule has 0 radical (unpaired) electrons. The highest BCUT2D eigenvalue weighted by atomic mass is 19.1. The van der Waals surface area contributed by atoms with E-state index in [0.717, 1.165) is 25.1 Å². The molecule has 2 aromatic heterocycles. The fourth-order valence-corrected chi connectivity index (χ4v) is 2.11. The number of rotatable bonds is 4. The minimum absolute atomic E-state index is 0.258. The summed E-state index contributed by atoms with van der Waals surface area (Å²) < 4.78 is 27.6. The van der Waals surface area contributed by atoms with Crippen LogP contribution in [-0.2, 0) is 0 Å². The molecule has 6 N–H and O–H groups in total. The molecule has 0 unspecified atom stereocenters. The second-order valence-corrected chi connectivity index (χ2v) is 5.50. The van der Waals surface area contributed by atoms with Crippen LogP contribution < -0.4 is 16.8 Å². The number of nitrogen functional groups attached to an aromatic ring is 1. The van der Waals surface area contributed by atoms with Crippen LogP contribution in [0, 0.1) is 11.6 Å². The van der Waals surface area contributed by atoms with Crippen LogP contribution in [0.5, 0.6) is 0 Å². The largest absolute Gasteiger partial charge is 0.396 e. The van der Waals surface area contributed by atoms with E-state index in [-0.39, 0.29) is 11.4 Å². The van der Waals surface area contributed by atoms with E-state index in [9.17, 15) is 13.6 Å². The predicted molar refractivity (Wildman–Crippen MR) is 102 cm³/mol. The van der Waals surface area contributed by atoms with E-state index in [2.05, 4.69) is 34.0 Å². The molecule has 9 heteroatoms. The topological polar surface area (TPSA) is 123 Å². The Bertz CT molecular complexity index is 968. The van der Waals surface area contributed by atoms with Gasteiger partial charge in [-0.25, -0.2) is 13.8 Å². The second-order valence-electron chi connectivity index (χ2n) is 5.50. The summed E-state index contributed by atoms with van der Waals surface area (Å²) in [5, 5.41) is 9.68. The second kappa shape index (κ2) is 8.86. The van der Waals surface area contributed by atoms with Gasteiger partial charge in [0.1, 0.15) is 11.4 Å². The Kier molecular flexibility index (Phi) is 6.56. The smallest absolute Gasteiger partial charge is 0.261 e. The maximum Gasteiger partial charge on any atom is 0.261 e. The molecular weight excluding hydrogens is 354 g/mol. The van der Waals surface area contributed by atoms with E-state index >= 15 is 0 Å². The van der Waals surface area contributed by atoms with Gasteiger partial charge in [0.2, 0.25) is 0 Å². The summed E-state index contributed by atoms with van der Waals surface area (Å²) in [6.07, 6.45) is 3.97. The van der Waals surface area contributed by atoms with Gasteiger partial charge in [0.15, 0.2) is 11.5 Å². The molecule has 27 heavy (non-hydrogen) atoms. The van der Waals surface area contributed by atoms with Gasteiger partial charge >= 0.3 is 0 Å². The van der Waals surface area contributed by atoms with Crippen LogP contribution in [0.25, 0.3) is 17.1 Å². The molecule has 3 rings (SSSR count). The molecule has 0 spiro atoms. The first kappa shape index (κ1) is 20.0. The van der Waals surface area contributed by atoms with Gasteiger partial charge in [-0.2, -0.15) is 5.10 Å². The summed E-state index contributed by atoms with van der Waals surface area (Å²) in [4.78, 5) is 16.2. The Labute approximate surface area is 154 Å². The van der Waals surface area contributed by atoms with Gasteiger partial charge < -0.3 is 16.8 Å². The summed E-state index contributed by atoms with van der Waals surface area (Å²) in [5.74, 6) is -3.07. The number of nitrogens with two attached hydrogens (primary N) is 2. The Morgan fingerprint density at radius 2 is 2.11 bits per heavy atom. The molecule has 0 atom stereocenters. The number of hydrogen-bond donors (Lipinski definition) is 4. The van der Waals surface area contributed by atoms with Gasteiger partial charge in [-0.05, 0) is 37.2 Å². The van der Waals surface area contributed by atoms with Crippen LogP contribution >= 0.6 is 0 Å². The van der Waals surface area contributed by atoms with Crippen molar-refractivity contribution in [2.45, 2.75) is 13.3 Å². The van der Waals surface area contributed by atoms with Crippen molar-refractivity contribution in [3.8, 4) is 0 Å². The van der Waals surface area contributed by atoms with Crippen LogP contribution in [0.2, 0.25) is 0 Å². The van der Waals surface area contributed by atoms with E-state index in [1.165, 1.54) is 6.20 Å². The number of benzene rings is 1. The zero-order valence-corrected chi connectivity index (χ0v) is 14.7. The number of hydrogen-bond acceptors (Lipinski definition) is 5. The number of aromatic amines is 1. The van der Waals surface area contributed by atoms with Crippen LogP contribution in [0.15, 0.2) is 31.0 Å².